The van der Waals surface area contributed by atoms with E-state index < -0.39 is 26.7 Å². The molecule has 0 aliphatic carbocycles. The Morgan fingerprint density at radius 1 is 1.04 bits per heavy atom. The van der Waals surface area contributed by atoms with Crippen LogP contribution in [0.15, 0.2) is 0 Å². The van der Waals surface area contributed by atoms with Crippen LogP contribution in [0.2, 0.25) is 6.04 Å². The zero-order valence-electron chi connectivity index (χ0n) is 14.5. The van der Waals surface area contributed by atoms with Gasteiger partial charge in [-0.25, -0.2) is 4.79 Å². The molecule has 0 saturated carbocycles. The maximum atomic E-state index is 11.6. The number of hydrogen-bond acceptors (Lipinski definition) is 7. The van der Waals surface area contributed by atoms with Gasteiger partial charge in [0.05, 0.1) is 0 Å². The van der Waals surface area contributed by atoms with Crippen molar-refractivity contribution in [2.75, 3.05) is 26.4 Å². The summed E-state index contributed by atoms with van der Waals surface area (Å²) in [6.07, 6.45) is -0.146. The minimum Gasteiger partial charge on any atom is -0.374 e. The molecule has 0 aromatic carbocycles. The van der Waals surface area contributed by atoms with Crippen LogP contribution in [0.5, 0.6) is 0 Å². The van der Waals surface area contributed by atoms with Crippen LogP contribution in [0.4, 0.5) is 4.79 Å². The molecule has 1 rings (SSSR count). The molecule has 0 unspecified atom stereocenters. The smallest absolute Gasteiger partial charge is 0.374 e. The van der Waals surface area contributed by atoms with Gasteiger partial charge in [0.15, 0.2) is 0 Å². The fraction of sp³-hybridized carbons (Fsp3) is 0.786. The van der Waals surface area contributed by atoms with Gasteiger partial charge in [-0.1, -0.05) is 0 Å². The van der Waals surface area contributed by atoms with Crippen molar-refractivity contribution in [2.45, 2.75) is 46.1 Å². The molecule has 0 atom stereocenters. The normalized spacial score (nSPS) is 15.0. The van der Waals surface area contributed by atoms with Crippen LogP contribution in [0, 0.1) is 0 Å². The van der Waals surface area contributed by atoms with Crippen molar-refractivity contribution in [2.24, 2.45) is 0 Å². The first kappa shape index (κ1) is 20.6. The summed E-state index contributed by atoms with van der Waals surface area (Å²) in [5.41, 5.74) is 0. The summed E-state index contributed by atoms with van der Waals surface area (Å²) in [5.74, 6) is -1.02. The lowest BCUT2D eigenvalue weighted by molar-refractivity contribution is -0.171. The third-order valence-corrected chi connectivity index (χ3v) is 6.35. The van der Waals surface area contributed by atoms with Crippen molar-refractivity contribution in [3.63, 3.8) is 0 Å². The van der Waals surface area contributed by atoms with Gasteiger partial charge < -0.3 is 23.4 Å². The van der Waals surface area contributed by atoms with E-state index in [0.717, 1.165) is 0 Å². The first-order chi connectivity index (χ1) is 11.5. The van der Waals surface area contributed by atoms with Gasteiger partial charge in [0, 0.05) is 45.3 Å². The number of imide groups is 1. The number of nitrogens with one attached hydrogen (secondary N) is 1. The van der Waals surface area contributed by atoms with E-state index in [1.165, 1.54) is 0 Å². The van der Waals surface area contributed by atoms with Crippen molar-refractivity contribution in [1.82, 2.24) is 10.4 Å². The molecule has 10 heteroatoms. The predicted molar refractivity (Wildman–Crippen MR) is 85.6 cm³/mol. The maximum Gasteiger partial charge on any atom is 0.500 e. The molecule has 1 fully saturated rings. The fourth-order valence-electron chi connectivity index (χ4n) is 2.27. The number of hydrogen-bond donors (Lipinski definition) is 1. The van der Waals surface area contributed by atoms with Crippen molar-refractivity contribution >= 4 is 26.7 Å². The van der Waals surface area contributed by atoms with E-state index in [0.29, 0.717) is 37.3 Å². The molecule has 1 N–H and O–H groups in total. The van der Waals surface area contributed by atoms with Gasteiger partial charge in [-0.2, -0.15) is 0 Å². The fourth-order valence-corrected chi connectivity index (χ4v) is 4.88. The molecule has 3 amide bonds. The monoisotopic (exact) mass is 362 g/mol. The third kappa shape index (κ3) is 6.19. The predicted octanol–water partition coefficient (Wildman–Crippen LogP) is 1.22. The summed E-state index contributed by atoms with van der Waals surface area (Å²) >= 11 is 0. The minimum atomic E-state index is -2.74. The number of rotatable bonds is 11. The highest BCUT2D eigenvalue weighted by Crippen LogP contribution is 2.18. The summed E-state index contributed by atoms with van der Waals surface area (Å²) in [6, 6.07) is 0.546. The number of hydroxylamine groups is 2. The van der Waals surface area contributed by atoms with Crippen LogP contribution >= 0.6 is 0 Å². The Kier molecular flexibility index (Phi) is 8.90. The van der Waals surface area contributed by atoms with E-state index in [-0.39, 0.29) is 19.4 Å². The molecule has 0 aromatic heterocycles. The van der Waals surface area contributed by atoms with Crippen molar-refractivity contribution < 1.29 is 32.5 Å². The Morgan fingerprint density at radius 2 is 1.54 bits per heavy atom. The standard InChI is InChI=1S/C14H26N2O7Si/c1-4-20-24(21-5-2,22-6-3)11-7-10-15-14(19)23-16-12(17)8-9-13(16)18/h4-11H2,1-3H3,(H,15,19). The van der Waals surface area contributed by atoms with E-state index >= 15 is 0 Å². The largest absolute Gasteiger partial charge is 0.500 e. The van der Waals surface area contributed by atoms with Gasteiger partial charge in [-0.15, -0.1) is 5.06 Å². The molecule has 138 valence electrons. The lowest BCUT2D eigenvalue weighted by atomic mass is 10.4. The average Bonchev–Trinajstić information content (AvgIpc) is 2.84. The van der Waals surface area contributed by atoms with Crippen LogP contribution < -0.4 is 5.32 Å². The molecule has 9 nitrogen and oxygen atoms in total. The Bertz CT molecular complexity index is 414. The summed E-state index contributed by atoms with van der Waals surface area (Å²) in [4.78, 5) is 39.0. The first-order valence-electron chi connectivity index (χ1n) is 8.21. The Morgan fingerprint density at radius 3 is 2.00 bits per heavy atom. The molecule has 1 saturated heterocycles. The van der Waals surface area contributed by atoms with Gasteiger partial charge in [-0.05, 0) is 27.2 Å². The number of amides is 3. The molecular formula is C14H26N2O7Si. The van der Waals surface area contributed by atoms with Gasteiger partial charge >= 0.3 is 14.9 Å². The number of nitrogens with zero attached hydrogens (tertiary/aromatic N) is 1. The van der Waals surface area contributed by atoms with Crippen LogP contribution in [0.25, 0.3) is 0 Å². The summed E-state index contributed by atoms with van der Waals surface area (Å²) in [5, 5.41) is 3.01. The second-order valence-corrected chi connectivity index (χ2v) is 7.71. The zero-order valence-corrected chi connectivity index (χ0v) is 15.5. The van der Waals surface area contributed by atoms with E-state index in [1.54, 1.807) is 0 Å². The Hall–Kier alpha value is -1.49. The van der Waals surface area contributed by atoms with Gasteiger partial charge in [0.2, 0.25) is 0 Å². The SMILES string of the molecule is CCO[Si](CCCNC(=O)ON1C(=O)CCC1=O)(OCC)OCC. The quantitative estimate of drug-likeness (QED) is 0.335. The van der Waals surface area contributed by atoms with Crippen LogP contribution in [0.3, 0.4) is 0 Å². The van der Waals surface area contributed by atoms with Crippen LogP contribution in [-0.2, 0) is 27.7 Å². The highest BCUT2D eigenvalue weighted by atomic mass is 28.4. The minimum absolute atomic E-state index is 0.0668. The van der Waals surface area contributed by atoms with E-state index in [1.807, 2.05) is 20.8 Å². The van der Waals surface area contributed by atoms with E-state index in [9.17, 15) is 14.4 Å². The number of carbonyl (C=O) groups excluding carboxylic acids is 3. The summed E-state index contributed by atoms with van der Waals surface area (Å²) in [6.45, 7) is 7.37. The van der Waals surface area contributed by atoms with Crippen molar-refractivity contribution in [3.8, 4) is 0 Å². The van der Waals surface area contributed by atoms with Crippen molar-refractivity contribution in [1.29, 1.82) is 0 Å². The molecule has 1 aliphatic rings. The molecule has 1 heterocycles. The zero-order chi connectivity index (χ0) is 18.0. The lowest BCUT2D eigenvalue weighted by Gasteiger charge is -2.28. The molecular weight excluding hydrogens is 336 g/mol. The van der Waals surface area contributed by atoms with E-state index in [2.05, 4.69) is 5.32 Å². The molecule has 0 bridgehead atoms. The molecule has 24 heavy (non-hydrogen) atoms. The van der Waals surface area contributed by atoms with Crippen molar-refractivity contribution in [3.05, 3.63) is 0 Å². The highest BCUT2D eigenvalue weighted by Gasteiger charge is 2.39. The third-order valence-electron chi connectivity index (χ3n) is 3.20. The topological polar surface area (TPSA) is 103 Å². The maximum absolute atomic E-state index is 11.6. The van der Waals surface area contributed by atoms with Gasteiger partial charge in [0.25, 0.3) is 11.8 Å². The lowest BCUT2D eigenvalue weighted by Crippen LogP contribution is -2.46. The van der Waals surface area contributed by atoms with Gasteiger partial charge in [0.1, 0.15) is 0 Å². The first-order valence-corrected chi connectivity index (χ1v) is 10.1. The molecule has 0 spiro atoms. The Labute approximate surface area is 142 Å². The Balaban J connectivity index is 2.37. The molecule has 1 aliphatic heterocycles. The van der Waals surface area contributed by atoms with Gasteiger partial charge in [-0.3, -0.25) is 9.59 Å². The average molecular weight is 362 g/mol. The molecule has 0 aromatic rings. The van der Waals surface area contributed by atoms with E-state index in [4.69, 9.17) is 18.1 Å². The van der Waals surface area contributed by atoms with Crippen LogP contribution in [-0.4, -0.2) is 58.1 Å². The summed E-state index contributed by atoms with van der Waals surface area (Å²) < 4.78 is 17.1. The highest BCUT2D eigenvalue weighted by molar-refractivity contribution is 6.60. The molecule has 0 radical (unpaired) electrons. The second kappa shape index (κ2) is 10.4. The number of carbonyl (C=O) groups is 3. The summed E-state index contributed by atoms with van der Waals surface area (Å²) in [7, 11) is -2.74. The van der Waals surface area contributed by atoms with Crippen LogP contribution in [0.1, 0.15) is 40.0 Å². The second-order valence-electron chi connectivity index (χ2n) is 4.97.